The maximum absolute atomic E-state index is 6.06. The third kappa shape index (κ3) is 2.83. The molecule has 0 spiro atoms. The van der Waals surface area contributed by atoms with Gasteiger partial charge in [0.25, 0.3) is 0 Å². The number of aryl methyl sites for hydroxylation is 1. The molecule has 1 saturated heterocycles. The van der Waals surface area contributed by atoms with Crippen molar-refractivity contribution in [1.82, 2.24) is 4.90 Å². The van der Waals surface area contributed by atoms with Crippen LogP contribution in [0.5, 0.6) is 0 Å². The minimum atomic E-state index is 0.272. The summed E-state index contributed by atoms with van der Waals surface area (Å²) in [7, 11) is 2.18. The van der Waals surface area contributed by atoms with Crippen molar-refractivity contribution in [2.75, 3.05) is 20.2 Å². The van der Waals surface area contributed by atoms with E-state index < -0.39 is 0 Å². The average Bonchev–Trinajstić information content (AvgIpc) is 2.81. The van der Waals surface area contributed by atoms with Crippen LogP contribution < -0.4 is 5.73 Å². The van der Waals surface area contributed by atoms with Gasteiger partial charge in [-0.25, -0.2) is 0 Å². The number of likely N-dealkylation sites (N-methyl/N-ethyl adjacent to an activating group) is 1. The van der Waals surface area contributed by atoms with Crippen LogP contribution in [0.1, 0.15) is 36.1 Å². The predicted molar refractivity (Wildman–Crippen MR) is 79.3 cm³/mol. The molecule has 1 heterocycles. The molecule has 1 fully saturated rings. The predicted octanol–water partition coefficient (Wildman–Crippen LogP) is 2.41. The largest absolute Gasteiger partial charge is 0.377 e. The average molecular weight is 262 g/mol. The maximum Gasteiger partial charge on any atom is 0.0703 e. The van der Waals surface area contributed by atoms with Gasteiger partial charge in [-0.05, 0) is 50.9 Å². The van der Waals surface area contributed by atoms with E-state index in [0.717, 1.165) is 13.0 Å². The number of hydrogen-bond acceptors (Lipinski definition) is 3. The van der Waals surface area contributed by atoms with Crippen molar-refractivity contribution in [2.45, 2.75) is 45.4 Å². The highest BCUT2D eigenvalue weighted by molar-refractivity contribution is 5.35. The third-order valence-electron chi connectivity index (χ3n) is 4.58. The third-order valence-corrected chi connectivity index (χ3v) is 4.58. The van der Waals surface area contributed by atoms with Crippen molar-refractivity contribution in [3.05, 3.63) is 34.9 Å². The summed E-state index contributed by atoms with van der Waals surface area (Å²) < 4.78 is 5.69. The lowest BCUT2D eigenvalue weighted by molar-refractivity contribution is 0.0685. The molecule has 0 aliphatic carbocycles. The summed E-state index contributed by atoms with van der Waals surface area (Å²) in [6.07, 6.45) is 1.39. The van der Waals surface area contributed by atoms with E-state index in [9.17, 15) is 0 Å². The number of ether oxygens (including phenoxy) is 1. The summed E-state index contributed by atoms with van der Waals surface area (Å²) >= 11 is 0. The number of benzene rings is 1. The molecule has 3 unspecified atom stereocenters. The number of hydrogen-bond donors (Lipinski definition) is 1. The highest BCUT2D eigenvalue weighted by Crippen LogP contribution is 2.29. The Morgan fingerprint density at radius 2 is 2.16 bits per heavy atom. The minimum absolute atomic E-state index is 0.272. The van der Waals surface area contributed by atoms with Crippen LogP contribution in [0, 0.1) is 13.8 Å². The highest BCUT2D eigenvalue weighted by Gasteiger charge is 2.32. The zero-order valence-corrected chi connectivity index (χ0v) is 12.5. The zero-order valence-electron chi connectivity index (χ0n) is 12.5. The van der Waals surface area contributed by atoms with Gasteiger partial charge >= 0.3 is 0 Å². The molecule has 3 heteroatoms. The fourth-order valence-corrected chi connectivity index (χ4v) is 3.13. The molecule has 1 aliphatic rings. The highest BCUT2D eigenvalue weighted by atomic mass is 16.5. The van der Waals surface area contributed by atoms with E-state index in [2.05, 4.69) is 50.9 Å². The summed E-state index contributed by atoms with van der Waals surface area (Å²) in [4.78, 5) is 2.40. The van der Waals surface area contributed by atoms with Crippen molar-refractivity contribution < 1.29 is 4.74 Å². The smallest absolute Gasteiger partial charge is 0.0703 e. The molecule has 106 valence electrons. The van der Waals surface area contributed by atoms with Crippen LogP contribution in [0.3, 0.4) is 0 Å². The Hall–Kier alpha value is -0.900. The molecule has 19 heavy (non-hydrogen) atoms. The molecular formula is C16H26N2O. The molecular weight excluding hydrogens is 236 g/mol. The zero-order chi connectivity index (χ0) is 14.0. The first-order valence-corrected chi connectivity index (χ1v) is 7.16. The normalized spacial score (nSPS) is 24.9. The van der Waals surface area contributed by atoms with Gasteiger partial charge in [0.1, 0.15) is 0 Å². The van der Waals surface area contributed by atoms with E-state index in [0.29, 0.717) is 18.7 Å². The van der Waals surface area contributed by atoms with Crippen LogP contribution in [-0.4, -0.2) is 37.2 Å². The molecule has 3 atom stereocenters. The fourth-order valence-electron chi connectivity index (χ4n) is 3.13. The van der Waals surface area contributed by atoms with Crippen molar-refractivity contribution in [2.24, 2.45) is 5.73 Å². The summed E-state index contributed by atoms with van der Waals surface area (Å²) in [5.41, 5.74) is 10.1. The number of rotatable bonds is 4. The minimum Gasteiger partial charge on any atom is -0.377 e. The molecule has 2 N–H and O–H groups in total. The first-order valence-electron chi connectivity index (χ1n) is 7.16. The van der Waals surface area contributed by atoms with Crippen LogP contribution in [0.4, 0.5) is 0 Å². The van der Waals surface area contributed by atoms with Crippen LogP contribution in [0.25, 0.3) is 0 Å². The fraction of sp³-hybridized carbons (Fsp3) is 0.625. The topological polar surface area (TPSA) is 38.5 Å². The van der Waals surface area contributed by atoms with E-state index in [-0.39, 0.29) is 6.04 Å². The Morgan fingerprint density at radius 3 is 2.74 bits per heavy atom. The van der Waals surface area contributed by atoms with Crippen molar-refractivity contribution in [3.63, 3.8) is 0 Å². The van der Waals surface area contributed by atoms with Crippen molar-refractivity contribution in [1.29, 1.82) is 0 Å². The molecule has 2 rings (SSSR count). The Morgan fingerprint density at radius 1 is 1.42 bits per heavy atom. The van der Waals surface area contributed by atoms with Crippen LogP contribution >= 0.6 is 0 Å². The second kappa shape index (κ2) is 6.04. The van der Waals surface area contributed by atoms with Crippen molar-refractivity contribution >= 4 is 0 Å². The molecule has 1 aromatic rings. The Bertz CT molecular complexity index is 433. The second-order valence-electron chi connectivity index (χ2n) is 5.64. The molecule has 1 aliphatic heterocycles. The van der Waals surface area contributed by atoms with E-state index in [4.69, 9.17) is 10.5 Å². The molecule has 0 amide bonds. The molecule has 1 aromatic carbocycles. The molecule has 0 aromatic heterocycles. The first-order chi connectivity index (χ1) is 9.06. The Balaban J connectivity index is 2.26. The lowest BCUT2D eigenvalue weighted by Crippen LogP contribution is -2.42. The summed E-state index contributed by atoms with van der Waals surface area (Å²) in [6, 6.07) is 7.23. The van der Waals surface area contributed by atoms with Gasteiger partial charge in [-0.15, -0.1) is 0 Å². The summed E-state index contributed by atoms with van der Waals surface area (Å²) in [5.74, 6) is 0. The van der Waals surface area contributed by atoms with E-state index in [1.54, 1.807) is 0 Å². The van der Waals surface area contributed by atoms with Gasteiger partial charge in [0, 0.05) is 25.2 Å². The van der Waals surface area contributed by atoms with E-state index in [1.807, 2.05) is 0 Å². The maximum atomic E-state index is 6.06. The number of nitrogens with two attached hydrogens (primary N) is 1. The van der Waals surface area contributed by atoms with Gasteiger partial charge in [-0.2, -0.15) is 0 Å². The van der Waals surface area contributed by atoms with Crippen LogP contribution in [-0.2, 0) is 4.74 Å². The van der Waals surface area contributed by atoms with Crippen LogP contribution in [0.2, 0.25) is 0 Å². The Kier molecular flexibility index (Phi) is 4.61. The quantitative estimate of drug-likeness (QED) is 0.905. The van der Waals surface area contributed by atoms with E-state index >= 15 is 0 Å². The van der Waals surface area contributed by atoms with Gasteiger partial charge in [0.2, 0.25) is 0 Å². The van der Waals surface area contributed by atoms with Gasteiger partial charge < -0.3 is 10.5 Å². The van der Waals surface area contributed by atoms with E-state index in [1.165, 1.54) is 16.7 Å². The van der Waals surface area contributed by atoms with Gasteiger partial charge in [0.15, 0.2) is 0 Å². The van der Waals surface area contributed by atoms with Gasteiger partial charge in [0.05, 0.1) is 6.10 Å². The first kappa shape index (κ1) is 14.5. The lowest BCUT2D eigenvalue weighted by atomic mass is 9.95. The Labute approximate surface area is 116 Å². The van der Waals surface area contributed by atoms with Gasteiger partial charge in [-0.1, -0.05) is 18.2 Å². The standard InChI is InChI=1S/C16H26N2O/c1-11-6-5-7-14(12(11)2)16(10-17)18(4)15-8-9-19-13(15)3/h5-7,13,15-16H,8-10,17H2,1-4H3. The van der Waals surface area contributed by atoms with Crippen LogP contribution in [0.15, 0.2) is 18.2 Å². The monoisotopic (exact) mass is 262 g/mol. The summed E-state index contributed by atoms with van der Waals surface area (Å²) in [6.45, 7) is 8.01. The second-order valence-corrected chi connectivity index (χ2v) is 5.64. The van der Waals surface area contributed by atoms with Gasteiger partial charge in [-0.3, -0.25) is 4.90 Å². The van der Waals surface area contributed by atoms with Crippen molar-refractivity contribution in [3.8, 4) is 0 Å². The molecule has 0 saturated carbocycles. The SMILES string of the molecule is Cc1cccc(C(CN)N(C)C2CCOC2C)c1C. The summed E-state index contributed by atoms with van der Waals surface area (Å²) in [5, 5.41) is 0. The molecule has 0 radical (unpaired) electrons. The molecule has 0 bridgehead atoms. The lowest BCUT2D eigenvalue weighted by Gasteiger charge is -2.35. The molecule has 3 nitrogen and oxygen atoms in total. The number of nitrogens with zero attached hydrogens (tertiary/aromatic N) is 1.